The standard InChI is InChI=1S/C18H20FN3O4S/c19-16-12-9-22(14-3-4-15(23)20-17(14)24)18(25)11(12)1-2-13(16)21-7-5-10(26-27)6-8-21/h1-2,10,14,27H,3-9H2,(H,20,23,24). The van der Waals surface area contributed by atoms with Gasteiger partial charge in [0.1, 0.15) is 6.04 Å². The minimum Gasteiger partial charge on any atom is -0.369 e. The molecule has 1 N–H and O–H groups in total. The van der Waals surface area contributed by atoms with Crippen LogP contribution in [-0.2, 0) is 20.3 Å². The third kappa shape index (κ3) is 3.19. The van der Waals surface area contributed by atoms with E-state index in [0.717, 1.165) is 12.8 Å². The van der Waals surface area contributed by atoms with Gasteiger partial charge in [0.05, 0.1) is 18.3 Å². The van der Waals surface area contributed by atoms with Crippen molar-refractivity contribution >= 4 is 36.3 Å². The Kier molecular flexibility index (Phi) is 4.81. The Labute approximate surface area is 161 Å². The van der Waals surface area contributed by atoms with Gasteiger partial charge >= 0.3 is 0 Å². The van der Waals surface area contributed by atoms with Crippen LogP contribution in [0.5, 0.6) is 0 Å². The molecule has 0 aromatic heterocycles. The van der Waals surface area contributed by atoms with Crippen molar-refractivity contribution in [1.82, 2.24) is 10.2 Å². The molecule has 1 unspecified atom stereocenters. The number of imide groups is 1. The van der Waals surface area contributed by atoms with Gasteiger partial charge in [-0.1, -0.05) is 0 Å². The van der Waals surface area contributed by atoms with Crippen LogP contribution in [0.2, 0.25) is 0 Å². The average molecular weight is 393 g/mol. The van der Waals surface area contributed by atoms with Gasteiger partial charge in [-0.3, -0.25) is 19.7 Å². The van der Waals surface area contributed by atoms with E-state index in [4.69, 9.17) is 4.18 Å². The summed E-state index contributed by atoms with van der Waals surface area (Å²) in [6.45, 7) is 1.33. The van der Waals surface area contributed by atoms with Crippen LogP contribution in [0.1, 0.15) is 41.6 Å². The lowest BCUT2D eigenvalue weighted by Crippen LogP contribution is -2.52. The summed E-state index contributed by atoms with van der Waals surface area (Å²) in [4.78, 5) is 39.4. The zero-order valence-corrected chi connectivity index (χ0v) is 15.5. The number of fused-ring (bicyclic) bond motifs is 1. The molecule has 9 heteroatoms. The molecule has 2 saturated heterocycles. The van der Waals surface area contributed by atoms with E-state index in [2.05, 4.69) is 18.2 Å². The molecule has 2 fully saturated rings. The Morgan fingerprint density at radius 3 is 2.56 bits per heavy atom. The Morgan fingerprint density at radius 1 is 1.15 bits per heavy atom. The normalized spacial score (nSPS) is 23.6. The van der Waals surface area contributed by atoms with E-state index in [-0.39, 0.29) is 42.9 Å². The topological polar surface area (TPSA) is 79.0 Å². The SMILES string of the molecule is O=C1CCC(N2Cc3c(ccc(N4CCC(OS)CC4)c3F)C2=O)C(=O)N1. The number of hydrogen-bond acceptors (Lipinski definition) is 6. The Balaban J connectivity index is 1.56. The Bertz CT molecular complexity index is 810. The second-order valence-electron chi connectivity index (χ2n) is 7.12. The van der Waals surface area contributed by atoms with E-state index < -0.39 is 17.8 Å². The quantitative estimate of drug-likeness (QED) is 0.461. The van der Waals surface area contributed by atoms with Crippen LogP contribution in [-0.4, -0.2) is 47.9 Å². The highest BCUT2D eigenvalue weighted by Crippen LogP contribution is 2.34. The van der Waals surface area contributed by atoms with Crippen molar-refractivity contribution in [2.75, 3.05) is 18.0 Å². The molecule has 1 aromatic carbocycles. The van der Waals surface area contributed by atoms with E-state index in [9.17, 15) is 14.4 Å². The molecule has 0 bridgehead atoms. The molecule has 4 rings (SSSR count). The third-order valence-corrected chi connectivity index (χ3v) is 5.86. The van der Waals surface area contributed by atoms with Gasteiger partial charge in [-0.25, -0.2) is 4.39 Å². The molecule has 3 heterocycles. The molecule has 0 radical (unpaired) electrons. The van der Waals surface area contributed by atoms with Gasteiger partial charge in [-0.2, -0.15) is 0 Å². The zero-order chi connectivity index (χ0) is 19.1. The molecule has 7 nitrogen and oxygen atoms in total. The minimum absolute atomic E-state index is 0.0380. The van der Waals surface area contributed by atoms with Gasteiger partial charge in [-0.05, 0) is 44.3 Å². The summed E-state index contributed by atoms with van der Waals surface area (Å²) in [5.41, 5.74) is 1.06. The summed E-state index contributed by atoms with van der Waals surface area (Å²) in [5.74, 6) is -1.63. The Morgan fingerprint density at radius 2 is 1.89 bits per heavy atom. The van der Waals surface area contributed by atoms with E-state index in [1.54, 1.807) is 12.1 Å². The lowest BCUT2D eigenvalue weighted by molar-refractivity contribution is -0.136. The number of hydrogen-bond donors (Lipinski definition) is 2. The van der Waals surface area contributed by atoms with Crippen LogP contribution in [0.15, 0.2) is 12.1 Å². The third-order valence-electron chi connectivity index (χ3n) is 5.56. The minimum atomic E-state index is -0.742. The largest absolute Gasteiger partial charge is 0.369 e. The maximum absolute atomic E-state index is 15.2. The first-order chi connectivity index (χ1) is 13.0. The Hall–Kier alpha value is -2.13. The lowest BCUT2D eigenvalue weighted by Gasteiger charge is -2.33. The molecule has 3 aliphatic rings. The van der Waals surface area contributed by atoms with Crippen molar-refractivity contribution in [1.29, 1.82) is 0 Å². The molecule has 1 atom stereocenters. The predicted molar refractivity (Wildman–Crippen MR) is 97.8 cm³/mol. The monoisotopic (exact) mass is 393 g/mol. The molecular formula is C18H20FN3O4S. The van der Waals surface area contributed by atoms with Crippen LogP contribution in [0, 0.1) is 5.82 Å². The number of piperidine rings is 2. The van der Waals surface area contributed by atoms with Crippen molar-refractivity contribution < 1.29 is 23.0 Å². The summed E-state index contributed by atoms with van der Waals surface area (Å²) in [7, 11) is 0. The van der Waals surface area contributed by atoms with Gasteiger partial charge in [-0.15, -0.1) is 0 Å². The van der Waals surface area contributed by atoms with E-state index in [1.165, 1.54) is 4.90 Å². The smallest absolute Gasteiger partial charge is 0.255 e. The number of nitrogens with one attached hydrogen (secondary N) is 1. The van der Waals surface area contributed by atoms with Crippen LogP contribution in [0.4, 0.5) is 10.1 Å². The van der Waals surface area contributed by atoms with Crippen molar-refractivity contribution in [2.45, 2.75) is 44.4 Å². The molecule has 1 aromatic rings. The van der Waals surface area contributed by atoms with Crippen LogP contribution in [0.3, 0.4) is 0 Å². The van der Waals surface area contributed by atoms with Crippen molar-refractivity contribution in [3.05, 3.63) is 29.1 Å². The average Bonchev–Trinajstić information content (AvgIpc) is 3.00. The fourth-order valence-electron chi connectivity index (χ4n) is 4.04. The predicted octanol–water partition coefficient (Wildman–Crippen LogP) is 1.42. The van der Waals surface area contributed by atoms with Crippen molar-refractivity contribution in [3.8, 4) is 0 Å². The van der Waals surface area contributed by atoms with Gasteiger partial charge < -0.3 is 14.0 Å². The number of amides is 3. The van der Waals surface area contributed by atoms with Gasteiger partial charge in [0.2, 0.25) is 11.8 Å². The van der Waals surface area contributed by atoms with Crippen molar-refractivity contribution in [2.24, 2.45) is 0 Å². The van der Waals surface area contributed by atoms with Crippen LogP contribution in [0.25, 0.3) is 0 Å². The second kappa shape index (κ2) is 7.12. The maximum atomic E-state index is 15.2. The van der Waals surface area contributed by atoms with E-state index >= 15 is 4.39 Å². The first-order valence-corrected chi connectivity index (χ1v) is 9.37. The number of halogens is 1. The van der Waals surface area contributed by atoms with E-state index in [0.29, 0.717) is 24.3 Å². The number of carbonyl (C=O) groups excluding carboxylic acids is 3. The molecule has 0 aliphatic carbocycles. The van der Waals surface area contributed by atoms with Gasteiger partial charge in [0.25, 0.3) is 5.91 Å². The summed E-state index contributed by atoms with van der Waals surface area (Å²) in [6.07, 6.45) is 2.00. The van der Waals surface area contributed by atoms with Gasteiger partial charge in [0.15, 0.2) is 5.82 Å². The number of benzene rings is 1. The van der Waals surface area contributed by atoms with E-state index in [1.807, 2.05) is 4.90 Å². The number of nitrogens with zero attached hydrogens (tertiary/aromatic N) is 2. The van der Waals surface area contributed by atoms with Gasteiger partial charge in [0, 0.05) is 30.6 Å². The molecule has 3 aliphatic heterocycles. The van der Waals surface area contributed by atoms with Crippen LogP contribution < -0.4 is 10.2 Å². The zero-order valence-electron chi connectivity index (χ0n) is 14.6. The highest BCUT2D eigenvalue weighted by atomic mass is 32.1. The van der Waals surface area contributed by atoms with Crippen molar-refractivity contribution in [3.63, 3.8) is 0 Å². The fraction of sp³-hybridized carbons (Fsp3) is 0.500. The van der Waals surface area contributed by atoms with Crippen LogP contribution >= 0.6 is 12.9 Å². The highest BCUT2D eigenvalue weighted by molar-refractivity contribution is 7.75. The number of thiol groups is 1. The summed E-state index contributed by atoms with van der Waals surface area (Å²) in [6, 6.07) is 2.51. The number of rotatable bonds is 3. The molecule has 0 spiro atoms. The number of anilines is 1. The second-order valence-corrected chi connectivity index (χ2v) is 7.33. The number of carbonyl (C=O) groups is 3. The fourth-order valence-corrected chi connectivity index (χ4v) is 4.25. The summed E-state index contributed by atoms with van der Waals surface area (Å²) >= 11 is 3.85. The molecule has 0 saturated carbocycles. The lowest BCUT2D eigenvalue weighted by atomic mass is 10.0. The molecule has 144 valence electrons. The highest BCUT2D eigenvalue weighted by Gasteiger charge is 2.40. The first-order valence-electron chi connectivity index (χ1n) is 9.00. The maximum Gasteiger partial charge on any atom is 0.255 e. The molecule has 3 amide bonds. The first kappa shape index (κ1) is 18.2. The molecule has 27 heavy (non-hydrogen) atoms. The summed E-state index contributed by atoms with van der Waals surface area (Å²) < 4.78 is 20.2. The molecular weight excluding hydrogens is 373 g/mol. The summed E-state index contributed by atoms with van der Waals surface area (Å²) in [5, 5.41) is 2.25.